The molecule has 1 aliphatic heterocycles. The van der Waals surface area contributed by atoms with Crippen LogP contribution in [-0.4, -0.2) is 30.2 Å². The number of aromatic nitrogens is 1. The first-order valence-electron chi connectivity index (χ1n) is 7.77. The normalized spacial score (nSPS) is 21.9. The van der Waals surface area contributed by atoms with Gasteiger partial charge in [0.2, 0.25) is 0 Å². The standard InChI is InChI=1S/C16H20N2O4/c1-2-21-15(19)12-6-5-9-17(10-12)11-18-13-7-3-4-8-14(13)22-16(18)20/h3-4,7-8,12H,2,5-6,9-11H2,1H3/p+1/t12-/m1/s1. The maximum atomic E-state index is 12.0. The largest absolute Gasteiger partial charge is 0.466 e. The van der Waals surface area contributed by atoms with E-state index < -0.39 is 0 Å². The molecule has 0 radical (unpaired) electrons. The van der Waals surface area contributed by atoms with Gasteiger partial charge in [0.15, 0.2) is 12.3 Å². The summed E-state index contributed by atoms with van der Waals surface area (Å²) in [6, 6.07) is 7.41. The van der Waals surface area contributed by atoms with Crippen LogP contribution < -0.4 is 10.7 Å². The molecule has 1 N–H and O–H groups in total. The fourth-order valence-electron chi connectivity index (χ4n) is 3.14. The number of piperidine rings is 1. The number of carbonyl (C=O) groups is 1. The van der Waals surface area contributed by atoms with Crippen molar-refractivity contribution < 1.29 is 18.8 Å². The number of ether oxygens (including phenoxy) is 1. The van der Waals surface area contributed by atoms with Crippen LogP contribution >= 0.6 is 0 Å². The smallest absolute Gasteiger partial charge is 0.424 e. The zero-order valence-electron chi connectivity index (χ0n) is 12.7. The van der Waals surface area contributed by atoms with Gasteiger partial charge in [0.05, 0.1) is 25.2 Å². The molecule has 118 valence electrons. The monoisotopic (exact) mass is 305 g/mol. The minimum Gasteiger partial charge on any atom is -0.466 e. The van der Waals surface area contributed by atoms with Gasteiger partial charge >= 0.3 is 11.7 Å². The summed E-state index contributed by atoms with van der Waals surface area (Å²) in [6.07, 6.45) is 1.83. The quantitative estimate of drug-likeness (QED) is 0.831. The summed E-state index contributed by atoms with van der Waals surface area (Å²) in [5.41, 5.74) is 1.41. The van der Waals surface area contributed by atoms with Gasteiger partial charge in [-0.15, -0.1) is 0 Å². The summed E-state index contributed by atoms with van der Waals surface area (Å²) < 4.78 is 12.0. The molecule has 6 heteroatoms. The molecule has 22 heavy (non-hydrogen) atoms. The Bertz CT molecular complexity index is 718. The number of hydrogen-bond acceptors (Lipinski definition) is 4. The van der Waals surface area contributed by atoms with Crippen LogP contribution in [0.4, 0.5) is 0 Å². The highest BCUT2D eigenvalue weighted by atomic mass is 16.5. The van der Waals surface area contributed by atoms with Crippen LogP contribution in [0.5, 0.6) is 0 Å². The van der Waals surface area contributed by atoms with Gasteiger partial charge in [-0.1, -0.05) is 12.1 Å². The first-order valence-corrected chi connectivity index (χ1v) is 7.77. The highest BCUT2D eigenvalue weighted by molar-refractivity contribution is 5.73. The Morgan fingerprint density at radius 2 is 2.27 bits per heavy atom. The summed E-state index contributed by atoms with van der Waals surface area (Å²) in [5, 5.41) is 0. The van der Waals surface area contributed by atoms with Crippen LogP contribution in [0.25, 0.3) is 11.1 Å². The Balaban J connectivity index is 1.76. The van der Waals surface area contributed by atoms with E-state index >= 15 is 0 Å². The summed E-state index contributed by atoms with van der Waals surface area (Å²) in [6.45, 7) is 4.40. The Hall–Kier alpha value is -2.08. The van der Waals surface area contributed by atoms with Gasteiger partial charge in [0.25, 0.3) is 0 Å². The molecule has 1 aromatic carbocycles. The van der Waals surface area contributed by atoms with Crippen LogP contribution in [0.3, 0.4) is 0 Å². The molecule has 1 aliphatic rings. The number of likely N-dealkylation sites (tertiary alicyclic amines) is 1. The number of oxazole rings is 1. The molecule has 2 heterocycles. The third-order valence-electron chi connectivity index (χ3n) is 4.19. The van der Waals surface area contributed by atoms with Crippen molar-refractivity contribution >= 4 is 17.1 Å². The van der Waals surface area contributed by atoms with Crippen molar-refractivity contribution in [3.05, 3.63) is 34.8 Å². The van der Waals surface area contributed by atoms with E-state index in [0.29, 0.717) is 25.4 Å². The summed E-state index contributed by atoms with van der Waals surface area (Å²) in [4.78, 5) is 25.1. The van der Waals surface area contributed by atoms with Crippen molar-refractivity contribution in [1.82, 2.24) is 4.57 Å². The van der Waals surface area contributed by atoms with Gasteiger partial charge in [0.1, 0.15) is 5.92 Å². The first kappa shape index (κ1) is 14.8. The van der Waals surface area contributed by atoms with Crippen molar-refractivity contribution in [2.45, 2.75) is 26.4 Å². The molecule has 1 saturated heterocycles. The van der Waals surface area contributed by atoms with E-state index in [2.05, 4.69) is 0 Å². The molecular formula is C16H21N2O4+. The van der Waals surface area contributed by atoms with Crippen molar-refractivity contribution in [1.29, 1.82) is 0 Å². The number of quaternary nitrogens is 1. The van der Waals surface area contributed by atoms with E-state index in [1.54, 1.807) is 10.6 Å². The molecule has 1 aromatic heterocycles. The number of hydrogen-bond donors (Lipinski definition) is 1. The van der Waals surface area contributed by atoms with Crippen LogP contribution in [0.2, 0.25) is 0 Å². The highest BCUT2D eigenvalue weighted by Crippen LogP contribution is 2.12. The summed E-state index contributed by atoms with van der Waals surface area (Å²) >= 11 is 0. The van der Waals surface area contributed by atoms with Crippen LogP contribution in [0.1, 0.15) is 19.8 Å². The predicted molar refractivity (Wildman–Crippen MR) is 80.5 cm³/mol. The summed E-state index contributed by atoms with van der Waals surface area (Å²) in [5.74, 6) is -0.534. The van der Waals surface area contributed by atoms with E-state index in [1.807, 2.05) is 25.1 Å². The second kappa shape index (κ2) is 6.36. The van der Waals surface area contributed by atoms with Gasteiger partial charge in [-0.25, -0.2) is 9.36 Å². The van der Waals surface area contributed by atoms with Crippen LogP contribution in [0, 0.1) is 5.92 Å². The average molecular weight is 305 g/mol. The molecule has 0 bridgehead atoms. The molecule has 0 spiro atoms. The molecule has 1 unspecified atom stereocenters. The van der Waals surface area contributed by atoms with Gasteiger partial charge in [0, 0.05) is 0 Å². The molecule has 2 atom stereocenters. The molecule has 0 amide bonds. The second-order valence-corrected chi connectivity index (χ2v) is 5.72. The lowest BCUT2D eigenvalue weighted by Gasteiger charge is -2.28. The molecular weight excluding hydrogens is 284 g/mol. The van der Waals surface area contributed by atoms with Crippen molar-refractivity contribution in [3.8, 4) is 0 Å². The van der Waals surface area contributed by atoms with Crippen molar-refractivity contribution in [2.24, 2.45) is 5.92 Å². The van der Waals surface area contributed by atoms with Crippen molar-refractivity contribution in [2.75, 3.05) is 19.7 Å². The number of nitrogens with zero attached hydrogens (tertiary/aromatic N) is 1. The summed E-state index contributed by atoms with van der Waals surface area (Å²) in [7, 11) is 0. The van der Waals surface area contributed by atoms with E-state index in [4.69, 9.17) is 9.15 Å². The molecule has 0 saturated carbocycles. The Kier molecular flexibility index (Phi) is 4.29. The number of rotatable bonds is 4. The highest BCUT2D eigenvalue weighted by Gasteiger charge is 2.30. The van der Waals surface area contributed by atoms with E-state index in [-0.39, 0.29) is 17.6 Å². The topological polar surface area (TPSA) is 65.9 Å². The van der Waals surface area contributed by atoms with Gasteiger partial charge in [-0.3, -0.25) is 4.79 Å². The predicted octanol–water partition coefficient (Wildman–Crippen LogP) is 0.410. The number of fused-ring (bicyclic) bond motifs is 1. The SMILES string of the molecule is CCOC(=O)[C@@H]1CCC[NH+](Cn2c(=O)oc3ccccc32)C1. The minimum absolute atomic E-state index is 0.0717. The number of carbonyl (C=O) groups excluding carboxylic acids is 1. The first-order chi connectivity index (χ1) is 10.7. The van der Waals surface area contributed by atoms with E-state index in [1.165, 1.54) is 4.90 Å². The number of para-hydroxylation sites is 2. The van der Waals surface area contributed by atoms with Gasteiger partial charge in [-0.05, 0) is 31.9 Å². The fraction of sp³-hybridized carbons (Fsp3) is 0.500. The maximum Gasteiger partial charge on any atom is 0.424 e. The Morgan fingerprint density at radius 3 is 3.09 bits per heavy atom. The maximum absolute atomic E-state index is 12.0. The van der Waals surface area contributed by atoms with Gasteiger partial charge in [-0.2, -0.15) is 0 Å². The molecule has 0 aliphatic carbocycles. The molecule has 3 rings (SSSR count). The number of nitrogens with one attached hydrogen (secondary N) is 1. The molecule has 6 nitrogen and oxygen atoms in total. The fourth-order valence-corrected chi connectivity index (χ4v) is 3.14. The molecule has 2 aromatic rings. The second-order valence-electron chi connectivity index (χ2n) is 5.72. The number of benzene rings is 1. The van der Waals surface area contributed by atoms with Gasteiger partial charge < -0.3 is 14.1 Å². The van der Waals surface area contributed by atoms with E-state index in [9.17, 15) is 9.59 Å². The van der Waals surface area contributed by atoms with E-state index in [0.717, 1.165) is 24.9 Å². The van der Waals surface area contributed by atoms with Crippen molar-refractivity contribution in [3.63, 3.8) is 0 Å². The third kappa shape index (κ3) is 2.92. The third-order valence-corrected chi connectivity index (χ3v) is 4.19. The minimum atomic E-state index is -0.341. The Labute approximate surface area is 128 Å². The average Bonchev–Trinajstić information content (AvgIpc) is 2.84. The van der Waals surface area contributed by atoms with Crippen LogP contribution in [-0.2, 0) is 16.2 Å². The molecule has 1 fully saturated rings. The van der Waals surface area contributed by atoms with Crippen LogP contribution in [0.15, 0.2) is 33.5 Å². The zero-order valence-corrected chi connectivity index (χ0v) is 12.7. The lowest BCUT2D eigenvalue weighted by Crippen LogP contribution is -3.13. The zero-order chi connectivity index (χ0) is 15.5. The lowest BCUT2D eigenvalue weighted by molar-refractivity contribution is -0.929. The Morgan fingerprint density at radius 1 is 1.45 bits per heavy atom. The lowest BCUT2D eigenvalue weighted by atomic mass is 9.98. The number of esters is 1.